The van der Waals surface area contributed by atoms with E-state index in [2.05, 4.69) is 48.2 Å². The predicted molar refractivity (Wildman–Crippen MR) is 143 cm³/mol. The zero-order valence-corrected chi connectivity index (χ0v) is 21.6. The van der Waals surface area contributed by atoms with Crippen molar-refractivity contribution in [3.8, 4) is 17.1 Å². The van der Waals surface area contributed by atoms with Gasteiger partial charge in [0.25, 0.3) is 0 Å². The van der Waals surface area contributed by atoms with E-state index in [-0.39, 0.29) is 5.56 Å². The Morgan fingerprint density at radius 3 is 2.32 bits per heavy atom. The van der Waals surface area contributed by atoms with E-state index in [1.807, 2.05) is 12.1 Å². The Labute approximate surface area is 216 Å². The Morgan fingerprint density at radius 2 is 1.68 bits per heavy atom. The second-order valence-corrected chi connectivity index (χ2v) is 9.50. The number of nitrogens with one attached hydrogen (secondary N) is 1. The van der Waals surface area contributed by atoms with Crippen molar-refractivity contribution in [2.75, 3.05) is 76.7 Å². The van der Waals surface area contributed by atoms with Crippen molar-refractivity contribution >= 4 is 23.3 Å². The molecule has 0 unspecified atom stereocenters. The number of hydrogen-bond acceptors (Lipinski definition) is 9. The highest BCUT2D eigenvalue weighted by atomic mass is 16.5. The molecule has 2 saturated heterocycles. The number of piperazine rings is 2. The van der Waals surface area contributed by atoms with Gasteiger partial charge in [-0.3, -0.25) is 0 Å². The van der Waals surface area contributed by atoms with Gasteiger partial charge in [0.15, 0.2) is 0 Å². The molecule has 1 aromatic carbocycles. The minimum Gasteiger partial charge on any atom is -0.494 e. The summed E-state index contributed by atoms with van der Waals surface area (Å²) >= 11 is 0. The number of hydrogen-bond donors (Lipinski definition) is 2. The van der Waals surface area contributed by atoms with Gasteiger partial charge in [0.2, 0.25) is 5.95 Å². The number of carboxylic acid groups (broad SMARTS) is 1. The summed E-state index contributed by atoms with van der Waals surface area (Å²) < 4.78 is 7.45. The molecule has 5 rings (SSSR count). The molecular formula is C26H34N8O3. The van der Waals surface area contributed by atoms with E-state index >= 15 is 0 Å². The highest BCUT2D eigenvalue weighted by Crippen LogP contribution is 2.32. The van der Waals surface area contributed by atoms with Crippen molar-refractivity contribution in [1.29, 1.82) is 0 Å². The number of ether oxygens (including phenoxy) is 1. The lowest BCUT2D eigenvalue weighted by Crippen LogP contribution is -2.58. The molecule has 2 aromatic heterocycles. The maximum Gasteiger partial charge on any atom is 0.337 e. The van der Waals surface area contributed by atoms with E-state index in [0.29, 0.717) is 23.1 Å². The normalized spacial score (nSPS) is 17.6. The van der Waals surface area contributed by atoms with E-state index in [4.69, 9.17) is 4.74 Å². The molecule has 4 heterocycles. The number of aryl methyl sites for hydroxylation is 1. The van der Waals surface area contributed by atoms with Gasteiger partial charge in [-0.25, -0.2) is 24.8 Å². The third-order valence-electron chi connectivity index (χ3n) is 7.10. The van der Waals surface area contributed by atoms with Crippen LogP contribution < -0.4 is 15.0 Å². The van der Waals surface area contributed by atoms with Gasteiger partial charge in [0.1, 0.15) is 5.75 Å². The number of carbonyl (C=O) groups is 1. The van der Waals surface area contributed by atoms with Crippen molar-refractivity contribution in [1.82, 2.24) is 29.5 Å². The summed E-state index contributed by atoms with van der Waals surface area (Å²) in [6.07, 6.45) is 3.22. The van der Waals surface area contributed by atoms with Crippen LogP contribution in [0.15, 0.2) is 42.7 Å². The summed E-state index contributed by atoms with van der Waals surface area (Å²) in [7, 11) is 5.64. The molecule has 2 fully saturated rings. The van der Waals surface area contributed by atoms with Gasteiger partial charge in [-0.15, -0.1) is 0 Å². The zero-order chi connectivity index (χ0) is 25.9. The fourth-order valence-electron chi connectivity index (χ4n) is 4.91. The Hall–Kier alpha value is -3.67. The van der Waals surface area contributed by atoms with Crippen molar-refractivity contribution in [2.45, 2.75) is 0 Å². The number of methoxy groups -OCH3 is 1. The number of hydrazine groups is 1. The molecular weight excluding hydrogens is 472 g/mol. The van der Waals surface area contributed by atoms with Crippen LogP contribution in [0.1, 0.15) is 10.4 Å². The van der Waals surface area contributed by atoms with Crippen molar-refractivity contribution < 1.29 is 14.6 Å². The number of aromatic nitrogens is 3. The topological polar surface area (TPSA) is 102 Å². The molecule has 2 N–H and O–H groups in total. The smallest absolute Gasteiger partial charge is 0.337 e. The van der Waals surface area contributed by atoms with Crippen molar-refractivity contribution in [2.24, 2.45) is 7.05 Å². The molecule has 0 saturated carbocycles. The molecule has 11 nitrogen and oxygen atoms in total. The van der Waals surface area contributed by atoms with E-state index in [1.54, 1.807) is 43.3 Å². The molecule has 0 aliphatic carbocycles. The first-order valence-corrected chi connectivity index (χ1v) is 12.5. The van der Waals surface area contributed by atoms with E-state index in [9.17, 15) is 9.90 Å². The van der Waals surface area contributed by atoms with Crippen LogP contribution in [0.4, 0.5) is 17.3 Å². The van der Waals surface area contributed by atoms with Gasteiger partial charge in [-0.1, -0.05) is 0 Å². The molecule has 0 radical (unpaired) electrons. The Bertz CT molecular complexity index is 1250. The minimum atomic E-state index is -0.972. The molecule has 0 atom stereocenters. The van der Waals surface area contributed by atoms with Crippen LogP contribution >= 0.6 is 0 Å². The number of carboxylic acids is 1. The molecule has 196 valence electrons. The predicted octanol–water partition coefficient (Wildman–Crippen LogP) is 2.22. The summed E-state index contributed by atoms with van der Waals surface area (Å²) in [5.41, 5.74) is 3.42. The fourth-order valence-corrected chi connectivity index (χ4v) is 4.91. The lowest BCUT2D eigenvalue weighted by Gasteiger charge is -2.44. The molecule has 0 amide bonds. The van der Waals surface area contributed by atoms with Crippen molar-refractivity contribution in [3.63, 3.8) is 0 Å². The van der Waals surface area contributed by atoms with Crippen LogP contribution in [-0.4, -0.2) is 107 Å². The third-order valence-corrected chi connectivity index (χ3v) is 7.10. The molecule has 3 aromatic rings. The highest BCUT2D eigenvalue weighted by Gasteiger charge is 2.25. The van der Waals surface area contributed by atoms with E-state index in [0.717, 1.165) is 63.7 Å². The first-order valence-electron chi connectivity index (χ1n) is 12.5. The van der Waals surface area contributed by atoms with Crippen LogP contribution in [0.2, 0.25) is 0 Å². The quantitative estimate of drug-likeness (QED) is 0.496. The molecule has 0 spiro atoms. The third kappa shape index (κ3) is 5.53. The maximum atomic E-state index is 11.3. The first-order chi connectivity index (χ1) is 17.9. The average Bonchev–Trinajstić information content (AvgIpc) is 3.32. The van der Waals surface area contributed by atoms with E-state index in [1.165, 1.54) is 0 Å². The summed E-state index contributed by atoms with van der Waals surface area (Å²) in [6.45, 7) is 8.37. The monoisotopic (exact) mass is 506 g/mol. The maximum absolute atomic E-state index is 11.3. The molecule has 2 aliphatic heterocycles. The standard InChI is InChI=1S/C26H34N8O3/c1-30-8-12-33(13-9-30)34-14-10-32(11-15-34)20-4-5-22(24(17-20)37-3)29-26-27-7-6-21(28-26)23-16-19(25(35)36)18-31(23)2/h4-7,16-18H,8-15H2,1-3H3,(H,35,36)(H,27,28,29). The van der Waals surface area contributed by atoms with Gasteiger partial charge in [-0.2, -0.15) is 0 Å². The van der Waals surface area contributed by atoms with Crippen molar-refractivity contribution in [3.05, 3.63) is 48.3 Å². The number of benzene rings is 1. The van der Waals surface area contributed by atoms with Crippen LogP contribution in [0, 0.1) is 0 Å². The number of likely N-dealkylation sites (N-methyl/N-ethyl adjacent to an activating group) is 1. The second-order valence-electron chi connectivity index (χ2n) is 9.50. The summed E-state index contributed by atoms with van der Waals surface area (Å²) in [4.78, 5) is 25.1. The average molecular weight is 507 g/mol. The summed E-state index contributed by atoms with van der Waals surface area (Å²) in [5, 5.41) is 17.5. The first kappa shape index (κ1) is 25.0. The van der Waals surface area contributed by atoms with Gasteiger partial charge in [-0.05, 0) is 31.3 Å². The Balaban J connectivity index is 1.26. The minimum absolute atomic E-state index is 0.215. The van der Waals surface area contributed by atoms with Gasteiger partial charge in [0.05, 0.1) is 29.7 Å². The second kappa shape index (κ2) is 10.8. The number of anilines is 3. The molecule has 0 bridgehead atoms. The Kier molecular flexibility index (Phi) is 7.26. The van der Waals surface area contributed by atoms with Crippen LogP contribution in [0.5, 0.6) is 5.75 Å². The fraction of sp³-hybridized carbons (Fsp3) is 0.423. The zero-order valence-electron chi connectivity index (χ0n) is 21.6. The van der Waals surface area contributed by atoms with Gasteiger partial charge < -0.3 is 29.5 Å². The number of nitrogens with zero attached hydrogens (tertiary/aromatic N) is 7. The molecule has 37 heavy (non-hydrogen) atoms. The number of rotatable bonds is 7. The van der Waals surface area contributed by atoms with Gasteiger partial charge >= 0.3 is 5.97 Å². The van der Waals surface area contributed by atoms with Gasteiger partial charge in [0, 0.05) is 83.6 Å². The summed E-state index contributed by atoms with van der Waals surface area (Å²) in [5.74, 6) is 0.141. The van der Waals surface area contributed by atoms with E-state index < -0.39 is 5.97 Å². The largest absolute Gasteiger partial charge is 0.494 e. The summed E-state index contributed by atoms with van der Waals surface area (Å²) in [6, 6.07) is 9.49. The Morgan fingerprint density at radius 1 is 0.973 bits per heavy atom. The lowest BCUT2D eigenvalue weighted by molar-refractivity contribution is -0.0564. The van der Waals surface area contributed by atoms with Crippen LogP contribution in [0.25, 0.3) is 11.4 Å². The molecule has 2 aliphatic rings. The molecule has 11 heteroatoms. The van der Waals surface area contributed by atoms with Crippen LogP contribution in [-0.2, 0) is 7.05 Å². The lowest BCUT2D eigenvalue weighted by atomic mass is 10.2. The van der Waals surface area contributed by atoms with Crippen LogP contribution in [0.3, 0.4) is 0 Å². The highest BCUT2D eigenvalue weighted by molar-refractivity contribution is 5.89. The number of aromatic carboxylic acids is 1. The SMILES string of the molecule is COc1cc(N2CCN(N3CCN(C)CC3)CC2)ccc1Nc1nccc(-c2cc(C(=O)O)cn2C)n1.